The summed E-state index contributed by atoms with van der Waals surface area (Å²) in [4.78, 5) is 38.2. The van der Waals surface area contributed by atoms with Gasteiger partial charge in [-0.25, -0.2) is 0 Å². The highest BCUT2D eigenvalue weighted by molar-refractivity contribution is 5.71. The SMILES string of the molecule is CCCCCCC/C=C\CCCCCCCC(=O)OC[C@H](COC(=O)CCCCCCCCCCC/C=C\CCCCCCCC)OC(=O)CCCCCCCCC/C=C\CCCCCCCC. The van der Waals surface area contributed by atoms with Crippen molar-refractivity contribution in [3.8, 4) is 0 Å². The number of carbonyl (C=O) groups excluding carboxylic acids is 3. The lowest BCUT2D eigenvalue weighted by Gasteiger charge is -2.18. The summed E-state index contributed by atoms with van der Waals surface area (Å²) in [6, 6.07) is 0. The molecular weight excluding hydrogens is 841 g/mol. The average molecular weight is 956 g/mol. The highest BCUT2D eigenvalue weighted by atomic mass is 16.6. The van der Waals surface area contributed by atoms with Crippen molar-refractivity contribution in [1.29, 1.82) is 0 Å². The van der Waals surface area contributed by atoms with Crippen LogP contribution in [0.1, 0.15) is 323 Å². The molecule has 0 saturated carbocycles. The molecule has 0 rings (SSSR count). The third-order valence-corrected chi connectivity index (χ3v) is 13.3. The van der Waals surface area contributed by atoms with Crippen LogP contribution in [0, 0.1) is 0 Å². The fourth-order valence-corrected chi connectivity index (χ4v) is 8.78. The van der Waals surface area contributed by atoms with Gasteiger partial charge in [-0.1, -0.05) is 243 Å². The Morgan fingerprint density at radius 2 is 0.485 bits per heavy atom. The van der Waals surface area contributed by atoms with Crippen molar-refractivity contribution in [2.45, 2.75) is 329 Å². The molecule has 0 unspecified atom stereocenters. The Hall–Kier alpha value is -2.37. The minimum absolute atomic E-state index is 0.0751. The minimum atomic E-state index is -0.777. The maximum atomic E-state index is 12.9. The first kappa shape index (κ1) is 65.6. The molecule has 0 bridgehead atoms. The molecule has 0 amide bonds. The number of hydrogen-bond donors (Lipinski definition) is 0. The maximum absolute atomic E-state index is 12.9. The Balaban J connectivity index is 4.35. The van der Waals surface area contributed by atoms with E-state index in [0.29, 0.717) is 19.3 Å². The molecule has 0 aliphatic carbocycles. The van der Waals surface area contributed by atoms with Gasteiger partial charge in [0.25, 0.3) is 0 Å². The van der Waals surface area contributed by atoms with E-state index >= 15 is 0 Å². The number of hydrogen-bond acceptors (Lipinski definition) is 6. The zero-order valence-corrected chi connectivity index (χ0v) is 45.6. The van der Waals surface area contributed by atoms with Crippen molar-refractivity contribution < 1.29 is 28.6 Å². The molecule has 0 aromatic rings. The second-order valence-electron chi connectivity index (χ2n) is 20.2. The molecule has 1 atom stereocenters. The zero-order valence-electron chi connectivity index (χ0n) is 45.6. The van der Waals surface area contributed by atoms with Gasteiger partial charge in [0, 0.05) is 19.3 Å². The Bertz CT molecular complexity index is 1140. The van der Waals surface area contributed by atoms with E-state index in [1.165, 1.54) is 218 Å². The second-order valence-corrected chi connectivity index (χ2v) is 20.2. The monoisotopic (exact) mass is 955 g/mol. The van der Waals surface area contributed by atoms with Gasteiger partial charge in [-0.05, 0) is 96.3 Å². The number of unbranched alkanes of at least 4 members (excludes halogenated alkanes) is 38. The van der Waals surface area contributed by atoms with Gasteiger partial charge in [0.2, 0.25) is 0 Å². The summed E-state index contributed by atoms with van der Waals surface area (Å²) in [7, 11) is 0. The molecule has 68 heavy (non-hydrogen) atoms. The topological polar surface area (TPSA) is 78.9 Å². The Labute approximate surface area is 423 Å². The lowest BCUT2D eigenvalue weighted by atomic mass is 10.1. The van der Waals surface area contributed by atoms with Crippen LogP contribution in [0.2, 0.25) is 0 Å². The lowest BCUT2D eigenvalue weighted by Crippen LogP contribution is -2.30. The van der Waals surface area contributed by atoms with Crippen LogP contribution in [0.4, 0.5) is 0 Å². The molecule has 0 aliphatic heterocycles. The van der Waals surface area contributed by atoms with Crippen LogP contribution in [-0.4, -0.2) is 37.2 Å². The molecule has 6 nitrogen and oxygen atoms in total. The fourth-order valence-electron chi connectivity index (χ4n) is 8.78. The molecule has 0 radical (unpaired) electrons. The van der Waals surface area contributed by atoms with Crippen molar-refractivity contribution in [3.63, 3.8) is 0 Å². The fraction of sp³-hybridized carbons (Fsp3) is 0.855. The smallest absolute Gasteiger partial charge is 0.306 e. The van der Waals surface area contributed by atoms with Crippen LogP contribution in [0.5, 0.6) is 0 Å². The molecule has 0 aliphatic rings. The number of esters is 3. The summed E-state index contributed by atoms with van der Waals surface area (Å²) in [5, 5.41) is 0. The van der Waals surface area contributed by atoms with Crippen LogP contribution >= 0.6 is 0 Å². The van der Waals surface area contributed by atoms with Crippen molar-refractivity contribution in [1.82, 2.24) is 0 Å². The third kappa shape index (κ3) is 54.6. The van der Waals surface area contributed by atoms with Crippen molar-refractivity contribution in [2.24, 2.45) is 0 Å². The van der Waals surface area contributed by atoms with Crippen LogP contribution in [0.15, 0.2) is 36.5 Å². The normalized spacial score (nSPS) is 12.2. The molecule has 0 N–H and O–H groups in total. The molecular formula is C62H114O6. The van der Waals surface area contributed by atoms with Gasteiger partial charge >= 0.3 is 17.9 Å². The van der Waals surface area contributed by atoms with Crippen molar-refractivity contribution in [2.75, 3.05) is 13.2 Å². The number of carbonyl (C=O) groups is 3. The lowest BCUT2D eigenvalue weighted by molar-refractivity contribution is -0.167. The maximum Gasteiger partial charge on any atom is 0.306 e. The Morgan fingerprint density at radius 3 is 0.735 bits per heavy atom. The largest absolute Gasteiger partial charge is 0.462 e. The van der Waals surface area contributed by atoms with Gasteiger partial charge in [0.1, 0.15) is 13.2 Å². The van der Waals surface area contributed by atoms with Gasteiger partial charge < -0.3 is 14.2 Å². The van der Waals surface area contributed by atoms with E-state index in [9.17, 15) is 14.4 Å². The molecule has 0 heterocycles. The molecule has 6 heteroatoms. The minimum Gasteiger partial charge on any atom is -0.462 e. The van der Waals surface area contributed by atoms with Crippen LogP contribution in [-0.2, 0) is 28.6 Å². The molecule has 0 fully saturated rings. The Morgan fingerprint density at radius 1 is 0.279 bits per heavy atom. The van der Waals surface area contributed by atoms with E-state index in [0.717, 1.165) is 64.2 Å². The van der Waals surface area contributed by atoms with Crippen LogP contribution in [0.25, 0.3) is 0 Å². The summed E-state index contributed by atoms with van der Waals surface area (Å²) in [6.07, 6.45) is 68.5. The van der Waals surface area contributed by atoms with Gasteiger partial charge in [-0.15, -0.1) is 0 Å². The molecule has 0 spiro atoms. The summed E-state index contributed by atoms with van der Waals surface area (Å²) in [6.45, 7) is 6.65. The molecule has 0 aromatic carbocycles. The second kappa shape index (κ2) is 57.2. The first-order valence-corrected chi connectivity index (χ1v) is 30.0. The van der Waals surface area contributed by atoms with E-state index in [2.05, 4.69) is 57.2 Å². The molecule has 0 saturated heterocycles. The van der Waals surface area contributed by atoms with Gasteiger partial charge in [0.05, 0.1) is 0 Å². The van der Waals surface area contributed by atoms with E-state index in [4.69, 9.17) is 14.2 Å². The van der Waals surface area contributed by atoms with Crippen molar-refractivity contribution >= 4 is 17.9 Å². The first-order chi connectivity index (χ1) is 33.5. The predicted molar refractivity (Wildman–Crippen MR) is 293 cm³/mol. The van der Waals surface area contributed by atoms with Crippen LogP contribution in [0.3, 0.4) is 0 Å². The van der Waals surface area contributed by atoms with Crippen LogP contribution < -0.4 is 0 Å². The van der Waals surface area contributed by atoms with Gasteiger partial charge in [0.15, 0.2) is 6.10 Å². The number of allylic oxidation sites excluding steroid dienone is 6. The third-order valence-electron chi connectivity index (χ3n) is 13.3. The summed E-state index contributed by atoms with van der Waals surface area (Å²) in [5.41, 5.74) is 0. The molecule has 398 valence electrons. The average Bonchev–Trinajstić information content (AvgIpc) is 3.34. The number of rotatable bonds is 55. The van der Waals surface area contributed by atoms with E-state index in [-0.39, 0.29) is 31.1 Å². The first-order valence-electron chi connectivity index (χ1n) is 30.0. The van der Waals surface area contributed by atoms with E-state index in [1.54, 1.807) is 0 Å². The zero-order chi connectivity index (χ0) is 49.3. The standard InChI is InChI=1S/C62H114O6/c1-4-7-10-13-16-19-22-25-28-30-31-33-34-37-40-43-46-49-52-55-61(64)67-58-59(57-66-60(63)54-51-48-45-42-39-36-27-24-21-18-15-12-9-6-3)68-62(65)56-53-50-47-44-41-38-35-32-29-26-23-20-17-14-11-8-5-2/h24-29,59H,4-23,30-58H2,1-3H3/b27-24-,28-25-,29-26-/t59-/m1/s1. The predicted octanol–water partition coefficient (Wildman–Crippen LogP) is 20.0. The highest BCUT2D eigenvalue weighted by Gasteiger charge is 2.19. The number of ether oxygens (including phenoxy) is 3. The van der Waals surface area contributed by atoms with E-state index in [1.807, 2.05) is 0 Å². The summed E-state index contributed by atoms with van der Waals surface area (Å²) < 4.78 is 16.9. The quantitative estimate of drug-likeness (QED) is 0.0262. The van der Waals surface area contributed by atoms with Gasteiger partial charge in [-0.3, -0.25) is 14.4 Å². The summed E-state index contributed by atoms with van der Waals surface area (Å²) >= 11 is 0. The highest BCUT2D eigenvalue weighted by Crippen LogP contribution is 2.16. The van der Waals surface area contributed by atoms with E-state index < -0.39 is 6.10 Å². The van der Waals surface area contributed by atoms with Crippen molar-refractivity contribution in [3.05, 3.63) is 36.5 Å². The molecule has 0 aromatic heterocycles. The van der Waals surface area contributed by atoms with Gasteiger partial charge in [-0.2, -0.15) is 0 Å². The Kier molecular flexibility index (Phi) is 55.2. The summed E-state index contributed by atoms with van der Waals surface area (Å²) in [5.74, 6) is -0.873.